The molecule has 2 heterocycles. The predicted octanol–water partition coefficient (Wildman–Crippen LogP) is 2.09. The molecule has 0 radical (unpaired) electrons. The minimum absolute atomic E-state index is 0.0316. The summed E-state index contributed by atoms with van der Waals surface area (Å²) in [6.45, 7) is 6.88. The summed E-state index contributed by atoms with van der Waals surface area (Å²) >= 11 is 7.37. The van der Waals surface area contributed by atoms with Crippen LogP contribution in [0.2, 0.25) is 4.34 Å². The van der Waals surface area contributed by atoms with E-state index >= 15 is 0 Å². The first-order valence-electron chi connectivity index (χ1n) is 6.75. The fourth-order valence-corrected chi connectivity index (χ4v) is 3.10. The van der Waals surface area contributed by atoms with Crippen LogP contribution in [-0.4, -0.2) is 50.3 Å². The number of urea groups is 1. The van der Waals surface area contributed by atoms with Gasteiger partial charge in [-0.2, -0.15) is 0 Å². The van der Waals surface area contributed by atoms with Crippen LogP contribution in [0.3, 0.4) is 0 Å². The van der Waals surface area contributed by atoms with E-state index < -0.39 is 0 Å². The topological polar surface area (TPSA) is 53.6 Å². The quantitative estimate of drug-likeness (QED) is 0.874. The third kappa shape index (κ3) is 4.94. The average Bonchev–Trinajstić information content (AvgIpc) is 2.87. The highest BCUT2D eigenvalue weighted by molar-refractivity contribution is 7.16. The van der Waals surface area contributed by atoms with Gasteiger partial charge in [0.05, 0.1) is 23.6 Å². The lowest BCUT2D eigenvalue weighted by atomic mass is 10.3. The summed E-state index contributed by atoms with van der Waals surface area (Å²) in [5.41, 5.74) is 0. The van der Waals surface area contributed by atoms with Crippen molar-refractivity contribution in [1.29, 1.82) is 0 Å². The maximum atomic E-state index is 11.8. The number of hydrogen-bond acceptors (Lipinski definition) is 4. The van der Waals surface area contributed by atoms with Gasteiger partial charge in [0.2, 0.25) is 0 Å². The van der Waals surface area contributed by atoms with E-state index in [1.807, 2.05) is 19.1 Å². The van der Waals surface area contributed by atoms with E-state index in [2.05, 4.69) is 15.5 Å². The zero-order valence-electron chi connectivity index (χ0n) is 11.5. The largest absolute Gasteiger partial charge is 0.379 e. The molecular formula is C13H20ClN3O2S. The number of rotatable bonds is 5. The molecule has 1 aliphatic rings. The lowest BCUT2D eigenvalue weighted by Crippen LogP contribution is -2.44. The standard InChI is InChI=1S/C13H20ClN3O2S/c1-10(11-2-3-12(14)20-11)16-13(18)15-4-5-17-6-8-19-9-7-17/h2-3,10H,4-9H2,1H3,(H2,15,16,18)/t10-/m1/s1. The summed E-state index contributed by atoms with van der Waals surface area (Å²) < 4.78 is 6.02. The minimum atomic E-state index is -0.143. The fourth-order valence-electron chi connectivity index (χ4n) is 2.03. The van der Waals surface area contributed by atoms with E-state index in [1.165, 1.54) is 11.3 Å². The maximum absolute atomic E-state index is 11.8. The first-order chi connectivity index (χ1) is 9.65. The van der Waals surface area contributed by atoms with Crippen LogP contribution in [0.5, 0.6) is 0 Å². The molecule has 2 amide bonds. The third-order valence-electron chi connectivity index (χ3n) is 3.19. The molecule has 5 nitrogen and oxygen atoms in total. The second-order valence-corrected chi connectivity index (χ2v) is 6.46. The van der Waals surface area contributed by atoms with Crippen molar-refractivity contribution < 1.29 is 9.53 Å². The van der Waals surface area contributed by atoms with E-state index in [0.29, 0.717) is 6.54 Å². The molecular weight excluding hydrogens is 298 g/mol. The summed E-state index contributed by atoms with van der Waals surface area (Å²) in [6.07, 6.45) is 0. The number of morpholine rings is 1. The second kappa shape index (κ2) is 7.83. The van der Waals surface area contributed by atoms with Gasteiger partial charge in [0, 0.05) is 31.1 Å². The van der Waals surface area contributed by atoms with E-state index in [9.17, 15) is 4.79 Å². The van der Waals surface area contributed by atoms with Crippen LogP contribution < -0.4 is 10.6 Å². The maximum Gasteiger partial charge on any atom is 0.315 e. The Morgan fingerprint density at radius 2 is 2.25 bits per heavy atom. The number of ether oxygens (including phenoxy) is 1. The number of hydrogen-bond donors (Lipinski definition) is 2. The van der Waals surface area contributed by atoms with E-state index in [-0.39, 0.29) is 12.1 Å². The molecule has 2 rings (SSSR count). The predicted molar refractivity (Wildman–Crippen MR) is 81.5 cm³/mol. The van der Waals surface area contributed by atoms with Crippen LogP contribution in [0.4, 0.5) is 4.79 Å². The number of amides is 2. The number of thiophene rings is 1. The second-order valence-electron chi connectivity index (χ2n) is 4.72. The molecule has 1 aromatic rings. The van der Waals surface area contributed by atoms with E-state index in [1.54, 1.807) is 0 Å². The first-order valence-corrected chi connectivity index (χ1v) is 7.94. The molecule has 1 aromatic heterocycles. The highest BCUT2D eigenvalue weighted by Crippen LogP contribution is 2.26. The van der Waals surface area contributed by atoms with Gasteiger partial charge in [-0.15, -0.1) is 11.3 Å². The van der Waals surface area contributed by atoms with Gasteiger partial charge in [0.15, 0.2) is 0 Å². The molecule has 0 aliphatic carbocycles. The lowest BCUT2D eigenvalue weighted by Gasteiger charge is -2.26. The zero-order valence-corrected chi connectivity index (χ0v) is 13.1. The molecule has 0 unspecified atom stereocenters. The van der Waals surface area contributed by atoms with E-state index in [4.69, 9.17) is 16.3 Å². The highest BCUT2D eigenvalue weighted by Gasteiger charge is 2.13. The van der Waals surface area contributed by atoms with Crippen LogP contribution >= 0.6 is 22.9 Å². The number of carbonyl (C=O) groups is 1. The molecule has 2 N–H and O–H groups in total. The van der Waals surface area contributed by atoms with Crippen molar-refractivity contribution >= 4 is 29.0 Å². The van der Waals surface area contributed by atoms with Crippen LogP contribution in [0.1, 0.15) is 17.8 Å². The van der Waals surface area contributed by atoms with Crippen LogP contribution in [-0.2, 0) is 4.74 Å². The van der Waals surface area contributed by atoms with Gasteiger partial charge in [0.1, 0.15) is 0 Å². The van der Waals surface area contributed by atoms with Crippen molar-refractivity contribution in [2.24, 2.45) is 0 Å². The average molecular weight is 318 g/mol. The third-order valence-corrected chi connectivity index (χ3v) is 4.60. The van der Waals surface area contributed by atoms with E-state index in [0.717, 1.165) is 42.1 Å². The molecule has 0 aromatic carbocycles. The van der Waals surface area contributed by atoms with Gasteiger partial charge in [-0.1, -0.05) is 11.6 Å². The molecule has 1 saturated heterocycles. The van der Waals surface area contributed by atoms with Gasteiger partial charge < -0.3 is 15.4 Å². The zero-order chi connectivity index (χ0) is 14.4. The van der Waals surface area contributed by atoms with Crippen molar-refractivity contribution in [3.8, 4) is 0 Å². The van der Waals surface area contributed by atoms with Gasteiger partial charge in [-0.3, -0.25) is 4.90 Å². The molecule has 0 saturated carbocycles. The number of carbonyl (C=O) groups excluding carboxylic acids is 1. The van der Waals surface area contributed by atoms with Crippen molar-refractivity contribution in [1.82, 2.24) is 15.5 Å². The van der Waals surface area contributed by atoms with Gasteiger partial charge >= 0.3 is 6.03 Å². The molecule has 7 heteroatoms. The normalized spacial score (nSPS) is 17.7. The number of nitrogens with one attached hydrogen (secondary N) is 2. The summed E-state index contributed by atoms with van der Waals surface area (Å²) in [6, 6.07) is 3.60. The first kappa shape index (κ1) is 15.6. The SMILES string of the molecule is C[C@@H](NC(=O)NCCN1CCOCC1)c1ccc(Cl)s1. The Morgan fingerprint density at radius 1 is 1.50 bits per heavy atom. The molecule has 1 aliphatic heterocycles. The monoisotopic (exact) mass is 317 g/mol. The van der Waals surface area contributed by atoms with Gasteiger partial charge in [-0.25, -0.2) is 4.79 Å². The summed E-state index contributed by atoms with van der Waals surface area (Å²) in [5, 5.41) is 5.78. The highest BCUT2D eigenvalue weighted by atomic mass is 35.5. The molecule has 20 heavy (non-hydrogen) atoms. The Kier molecular flexibility index (Phi) is 6.09. The minimum Gasteiger partial charge on any atom is -0.379 e. The summed E-state index contributed by atoms with van der Waals surface area (Å²) in [5.74, 6) is 0. The number of halogens is 1. The Hall–Kier alpha value is -0.820. The Labute approximate surface area is 128 Å². The Bertz CT molecular complexity index is 435. The molecule has 112 valence electrons. The van der Waals surface area contributed by atoms with Gasteiger partial charge in [0.25, 0.3) is 0 Å². The molecule has 1 fully saturated rings. The lowest BCUT2D eigenvalue weighted by molar-refractivity contribution is 0.0387. The smallest absolute Gasteiger partial charge is 0.315 e. The van der Waals surface area contributed by atoms with Crippen LogP contribution in [0, 0.1) is 0 Å². The van der Waals surface area contributed by atoms with Gasteiger partial charge in [-0.05, 0) is 19.1 Å². The summed E-state index contributed by atoms with van der Waals surface area (Å²) in [7, 11) is 0. The van der Waals surface area contributed by atoms with Crippen LogP contribution in [0.25, 0.3) is 0 Å². The Morgan fingerprint density at radius 3 is 2.90 bits per heavy atom. The molecule has 1 atom stereocenters. The summed E-state index contributed by atoms with van der Waals surface area (Å²) in [4.78, 5) is 15.1. The fraction of sp³-hybridized carbons (Fsp3) is 0.615. The van der Waals surface area contributed by atoms with Crippen molar-refractivity contribution in [2.45, 2.75) is 13.0 Å². The van der Waals surface area contributed by atoms with Crippen molar-refractivity contribution in [3.63, 3.8) is 0 Å². The molecule has 0 spiro atoms. The van der Waals surface area contributed by atoms with Crippen molar-refractivity contribution in [3.05, 3.63) is 21.3 Å². The van der Waals surface area contributed by atoms with Crippen molar-refractivity contribution in [2.75, 3.05) is 39.4 Å². The molecule has 0 bridgehead atoms. The number of nitrogens with zero attached hydrogens (tertiary/aromatic N) is 1. The Balaban J connectivity index is 1.64. The van der Waals surface area contributed by atoms with Crippen LogP contribution in [0.15, 0.2) is 12.1 Å².